The van der Waals surface area contributed by atoms with E-state index in [-0.39, 0.29) is 12.0 Å². The summed E-state index contributed by atoms with van der Waals surface area (Å²) < 4.78 is 28.4. The first-order chi connectivity index (χ1) is 15.4. The summed E-state index contributed by atoms with van der Waals surface area (Å²) in [6, 6.07) is 1.75. The highest BCUT2D eigenvalue weighted by atomic mass is 19.3. The number of nitrogens with two attached hydrogens (primary N) is 2. The number of nitrogens with zero attached hydrogens (tertiary/aromatic N) is 6. The molecule has 3 aromatic heterocycles. The second kappa shape index (κ2) is 6.79. The molecule has 2 unspecified atom stereocenters. The van der Waals surface area contributed by atoms with E-state index in [1.807, 2.05) is 15.7 Å². The summed E-state index contributed by atoms with van der Waals surface area (Å²) in [5.74, 6) is 0.613. The van der Waals surface area contributed by atoms with E-state index in [0.29, 0.717) is 42.4 Å². The van der Waals surface area contributed by atoms with E-state index in [1.165, 1.54) is 6.33 Å². The van der Waals surface area contributed by atoms with E-state index in [0.717, 1.165) is 29.8 Å². The Morgan fingerprint density at radius 2 is 2.00 bits per heavy atom. The summed E-state index contributed by atoms with van der Waals surface area (Å²) in [6.45, 7) is 1.15. The first kappa shape index (κ1) is 19.7. The molecule has 0 spiro atoms. The Morgan fingerprint density at radius 1 is 1.19 bits per heavy atom. The van der Waals surface area contributed by atoms with Gasteiger partial charge in [0, 0.05) is 24.1 Å². The second-order valence-electron chi connectivity index (χ2n) is 9.13. The molecule has 2 saturated carbocycles. The van der Waals surface area contributed by atoms with Gasteiger partial charge in [0.05, 0.1) is 36.3 Å². The highest BCUT2D eigenvalue weighted by Crippen LogP contribution is 2.56. The maximum Gasteiger partial charge on any atom is 0.265 e. The molecule has 0 amide bonds. The zero-order valence-electron chi connectivity index (χ0n) is 17.3. The minimum absolute atomic E-state index is 0.163. The van der Waals surface area contributed by atoms with Gasteiger partial charge in [0.1, 0.15) is 17.9 Å². The number of pyridine rings is 1. The third-order valence-electron chi connectivity index (χ3n) is 7.26. The van der Waals surface area contributed by atoms with Crippen molar-refractivity contribution in [3.05, 3.63) is 36.2 Å². The number of nitrogen functional groups attached to an aromatic ring is 1. The maximum absolute atomic E-state index is 13.3. The van der Waals surface area contributed by atoms with Crippen LogP contribution < -0.4 is 16.4 Å². The number of piperidine rings is 1. The van der Waals surface area contributed by atoms with E-state index >= 15 is 0 Å². The fourth-order valence-electron chi connectivity index (χ4n) is 5.37. The SMILES string of the molecule is Nc1ncnc2c1ncn2Cc1cc(C2CC2)ncc1N1CCC2C1[C@@]2(N)[C@H](O)C(F)F. The third kappa shape index (κ3) is 2.80. The number of halogens is 2. The van der Waals surface area contributed by atoms with Crippen molar-refractivity contribution in [1.82, 2.24) is 24.5 Å². The number of aliphatic hydroxyl groups is 1. The third-order valence-corrected chi connectivity index (χ3v) is 7.26. The molecule has 11 heteroatoms. The van der Waals surface area contributed by atoms with Gasteiger partial charge in [0.15, 0.2) is 11.5 Å². The molecule has 5 N–H and O–H groups in total. The summed E-state index contributed by atoms with van der Waals surface area (Å²) in [6.07, 6.45) is 3.07. The van der Waals surface area contributed by atoms with Crippen LogP contribution >= 0.6 is 0 Å². The van der Waals surface area contributed by atoms with Crippen molar-refractivity contribution in [2.24, 2.45) is 11.7 Å². The lowest BCUT2D eigenvalue weighted by Crippen LogP contribution is -2.51. The van der Waals surface area contributed by atoms with Crippen molar-refractivity contribution in [2.45, 2.75) is 55.8 Å². The summed E-state index contributed by atoms with van der Waals surface area (Å²) >= 11 is 0. The molecule has 3 aliphatic rings. The van der Waals surface area contributed by atoms with Crippen LogP contribution in [0.5, 0.6) is 0 Å². The molecule has 2 aliphatic carbocycles. The Morgan fingerprint density at radius 3 is 2.75 bits per heavy atom. The van der Waals surface area contributed by atoms with E-state index in [9.17, 15) is 13.9 Å². The normalized spacial score (nSPS) is 27.8. The van der Waals surface area contributed by atoms with Crippen molar-refractivity contribution in [3.8, 4) is 0 Å². The molecule has 3 fully saturated rings. The van der Waals surface area contributed by atoms with Crippen molar-refractivity contribution in [3.63, 3.8) is 0 Å². The van der Waals surface area contributed by atoms with Crippen molar-refractivity contribution in [1.29, 1.82) is 0 Å². The fraction of sp³-hybridized carbons (Fsp3) is 0.524. The van der Waals surface area contributed by atoms with Gasteiger partial charge in [-0.2, -0.15) is 0 Å². The first-order valence-corrected chi connectivity index (χ1v) is 10.8. The topological polar surface area (TPSA) is 132 Å². The average molecular weight is 442 g/mol. The number of aromatic nitrogens is 5. The molecule has 1 aliphatic heterocycles. The number of anilines is 2. The number of alkyl halides is 2. The van der Waals surface area contributed by atoms with Gasteiger partial charge in [-0.15, -0.1) is 0 Å². The van der Waals surface area contributed by atoms with Crippen LogP contribution in [0.3, 0.4) is 0 Å². The maximum atomic E-state index is 13.3. The number of aliphatic hydroxyl groups excluding tert-OH is 1. The van der Waals surface area contributed by atoms with Gasteiger partial charge in [-0.1, -0.05) is 0 Å². The van der Waals surface area contributed by atoms with Crippen LogP contribution in [0.2, 0.25) is 0 Å². The number of rotatable bonds is 6. The first-order valence-electron chi connectivity index (χ1n) is 10.8. The molecule has 1 saturated heterocycles. The van der Waals surface area contributed by atoms with Gasteiger partial charge in [0.2, 0.25) is 0 Å². The quantitative estimate of drug-likeness (QED) is 0.520. The molecule has 168 valence electrons. The molecule has 32 heavy (non-hydrogen) atoms. The van der Waals surface area contributed by atoms with Crippen molar-refractivity contribution < 1.29 is 13.9 Å². The predicted octanol–water partition coefficient (Wildman–Crippen LogP) is 1.26. The summed E-state index contributed by atoms with van der Waals surface area (Å²) in [7, 11) is 0. The van der Waals surface area contributed by atoms with E-state index in [4.69, 9.17) is 11.5 Å². The van der Waals surface area contributed by atoms with Crippen molar-refractivity contribution in [2.75, 3.05) is 17.2 Å². The van der Waals surface area contributed by atoms with E-state index < -0.39 is 18.1 Å². The van der Waals surface area contributed by atoms with Gasteiger partial charge < -0.3 is 26.0 Å². The zero-order valence-corrected chi connectivity index (χ0v) is 17.3. The Labute approximate surface area is 182 Å². The lowest BCUT2D eigenvalue weighted by molar-refractivity contribution is -0.0303. The molecular weight excluding hydrogens is 418 g/mol. The number of hydrogen-bond donors (Lipinski definition) is 3. The van der Waals surface area contributed by atoms with Gasteiger partial charge in [-0.3, -0.25) is 4.98 Å². The number of imidazole rings is 1. The number of hydrogen-bond acceptors (Lipinski definition) is 8. The van der Waals surface area contributed by atoms with E-state index in [1.54, 1.807) is 6.33 Å². The standard InChI is InChI=1S/C21H24F2N8O/c22-18(23)17(32)21(25)12-3-4-31(16(12)21)14-6-26-13(10-1-2-10)5-11(14)7-30-9-29-15-19(24)27-8-28-20(15)30/h5-6,8-10,12,16-18,32H,1-4,7,25H2,(H2,24,27,28)/t12?,16?,17-,21-/m1/s1. The highest BCUT2D eigenvalue weighted by Gasteiger charge is 2.72. The smallest absolute Gasteiger partial charge is 0.265 e. The Bertz CT molecular complexity index is 1200. The largest absolute Gasteiger partial charge is 0.385 e. The van der Waals surface area contributed by atoms with Crippen LogP contribution in [0.4, 0.5) is 20.3 Å². The minimum atomic E-state index is -2.87. The van der Waals surface area contributed by atoms with Gasteiger partial charge in [0.25, 0.3) is 6.43 Å². The van der Waals surface area contributed by atoms with Gasteiger partial charge in [-0.25, -0.2) is 23.7 Å². The highest BCUT2D eigenvalue weighted by molar-refractivity contribution is 5.81. The Hall–Kier alpha value is -2.92. The molecular formula is C21H24F2N8O. The summed E-state index contributed by atoms with van der Waals surface area (Å²) in [5.41, 5.74) is 14.9. The molecule has 6 rings (SSSR count). The second-order valence-corrected chi connectivity index (χ2v) is 9.13. The molecule has 4 heterocycles. The van der Waals surface area contributed by atoms with Crippen LogP contribution in [0, 0.1) is 5.92 Å². The van der Waals surface area contributed by atoms with Gasteiger partial charge in [-0.05, 0) is 30.9 Å². The summed E-state index contributed by atoms with van der Waals surface area (Å²) in [4.78, 5) is 19.4. The Balaban J connectivity index is 1.38. The van der Waals surface area contributed by atoms with Crippen LogP contribution in [0.15, 0.2) is 24.9 Å². The molecule has 9 nitrogen and oxygen atoms in total. The lowest BCUT2D eigenvalue weighted by Gasteiger charge is -2.30. The minimum Gasteiger partial charge on any atom is -0.385 e. The molecule has 0 aromatic carbocycles. The van der Waals surface area contributed by atoms with Crippen LogP contribution in [-0.2, 0) is 6.54 Å². The fourth-order valence-corrected chi connectivity index (χ4v) is 5.37. The van der Waals surface area contributed by atoms with E-state index in [2.05, 4.69) is 26.0 Å². The van der Waals surface area contributed by atoms with Crippen LogP contribution in [0.1, 0.15) is 36.4 Å². The summed E-state index contributed by atoms with van der Waals surface area (Å²) in [5, 5.41) is 10.1. The lowest BCUT2D eigenvalue weighted by atomic mass is 10.0. The molecule has 3 aromatic rings. The van der Waals surface area contributed by atoms with Crippen LogP contribution in [-0.4, -0.2) is 60.3 Å². The van der Waals surface area contributed by atoms with Gasteiger partial charge >= 0.3 is 0 Å². The van der Waals surface area contributed by atoms with Crippen LogP contribution in [0.25, 0.3) is 11.2 Å². The Kier molecular flexibility index (Phi) is 4.19. The molecule has 4 atom stereocenters. The monoisotopic (exact) mass is 442 g/mol. The molecule has 0 bridgehead atoms. The predicted molar refractivity (Wildman–Crippen MR) is 113 cm³/mol. The zero-order chi connectivity index (χ0) is 22.2. The molecule has 0 radical (unpaired) electrons. The van der Waals surface area contributed by atoms with Crippen molar-refractivity contribution >= 4 is 22.7 Å². The number of fused-ring (bicyclic) bond motifs is 2. The average Bonchev–Trinajstić information content (AvgIpc) is 3.61.